The normalized spacial score (nSPS) is 23.5. The van der Waals surface area contributed by atoms with Gasteiger partial charge in [0.15, 0.2) is 0 Å². The van der Waals surface area contributed by atoms with E-state index in [2.05, 4.69) is 16.8 Å². The molecule has 2 heterocycles. The molecule has 0 aromatic carbocycles. The highest BCUT2D eigenvalue weighted by Gasteiger charge is 2.36. The maximum absolute atomic E-state index is 12.7. The van der Waals surface area contributed by atoms with Gasteiger partial charge in [-0.2, -0.15) is 0 Å². The summed E-state index contributed by atoms with van der Waals surface area (Å²) in [4.78, 5) is 28.3. The van der Waals surface area contributed by atoms with Crippen LogP contribution in [0, 0.1) is 17.8 Å². The van der Waals surface area contributed by atoms with E-state index in [1.54, 1.807) is 11.3 Å². The summed E-state index contributed by atoms with van der Waals surface area (Å²) in [6.45, 7) is 2.71. The van der Waals surface area contributed by atoms with E-state index < -0.39 is 0 Å². The van der Waals surface area contributed by atoms with Gasteiger partial charge in [-0.3, -0.25) is 9.59 Å². The first kappa shape index (κ1) is 21.2. The van der Waals surface area contributed by atoms with E-state index in [4.69, 9.17) is 5.73 Å². The van der Waals surface area contributed by atoms with Crippen LogP contribution in [0.15, 0.2) is 17.5 Å². The predicted molar refractivity (Wildman–Crippen MR) is 107 cm³/mol. The number of carbonyl (C=O) groups excluding carboxylic acids is 2. The number of carbonyl (C=O) groups is 2. The van der Waals surface area contributed by atoms with Gasteiger partial charge in [0.25, 0.3) is 0 Å². The van der Waals surface area contributed by atoms with Crippen molar-refractivity contribution in [2.45, 2.75) is 38.5 Å². The lowest BCUT2D eigenvalue weighted by Gasteiger charge is -2.34. The van der Waals surface area contributed by atoms with Crippen LogP contribution >= 0.6 is 23.7 Å². The topological polar surface area (TPSA) is 75.4 Å². The highest BCUT2D eigenvalue weighted by Crippen LogP contribution is 2.33. The lowest BCUT2D eigenvalue weighted by Crippen LogP contribution is -2.46. The number of amides is 2. The highest BCUT2D eigenvalue weighted by molar-refractivity contribution is 7.09. The molecule has 0 spiro atoms. The van der Waals surface area contributed by atoms with Gasteiger partial charge in [0.1, 0.15) is 0 Å². The second kappa shape index (κ2) is 10.3. The molecule has 3 N–H and O–H groups in total. The van der Waals surface area contributed by atoms with Gasteiger partial charge in [0.2, 0.25) is 11.8 Å². The first-order valence-electron chi connectivity index (χ1n) is 9.48. The van der Waals surface area contributed by atoms with E-state index in [1.807, 2.05) is 11.0 Å². The fourth-order valence-corrected chi connectivity index (χ4v) is 4.86. The molecule has 2 amide bonds. The number of nitrogens with one attached hydrogen (secondary N) is 1. The zero-order chi connectivity index (χ0) is 17.6. The molecule has 1 saturated heterocycles. The highest BCUT2D eigenvalue weighted by atomic mass is 35.5. The van der Waals surface area contributed by atoms with Crippen molar-refractivity contribution in [2.24, 2.45) is 23.5 Å². The third kappa shape index (κ3) is 5.21. The van der Waals surface area contributed by atoms with Gasteiger partial charge < -0.3 is 16.0 Å². The van der Waals surface area contributed by atoms with Crippen LogP contribution in [0.4, 0.5) is 0 Å². The van der Waals surface area contributed by atoms with Crippen LogP contribution in [0.5, 0.6) is 0 Å². The van der Waals surface area contributed by atoms with Crippen LogP contribution in [-0.2, 0) is 16.0 Å². The number of halogens is 1. The van der Waals surface area contributed by atoms with Crippen molar-refractivity contribution >= 4 is 35.6 Å². The molecule has 7 heteroatoms. The minimum absolute atomic E-state index is 0. The third-order valence-electron chi connectivity index (χ3n) is 5.71. The summed E-state index contributed by atoms with van der Waals surface area (Å²) in [6.07, 6.45) is 5.61. The van der Waals surface area contributed by atoms with E-state index in [0.29, 0.717) is 32.1 Å². The molecule has 0 radical (unpaired) electrons. The van der Waals surface area contributed by atoms with E-state index >= 15 is 0 Å². The van der Waals surface area contributed by atoms with Crippen LogP contribution in [0.25, 0.3) is 0 Å². The molecule has 1 saturated carbocycles. The van der Waals surface area contributed by atoms with Crippen molar-refractivity contribution < 1.29 is 9.59 Å². The molecule has 5 nitrogen and oxygen atoms in total. The number of hydrogen-bond donors (Lipinski definition) is 2. The van der Waals surface area contributed by atoms with Gasteiger partial charge in [-0.25, -0.2) is 0 Å². The Bertz CT molecular complexity index is 573. The van der Waals surface area contributed by atoms with Gasteiger partial charge in [0.05, 0.1) is 0 Å². The minimum Gasteiger partial charge on any atom is -0.355 e. The summed E-state index contributed by atoms with van der Waals surface area (Å²) < 4.78 is 0. The molecule has 2 atom stereocenters. The average Bonchev–Trinajstić information content (AvgIpc) is 3.32. The number of thiophene rings is 1. The summed E-state index contributed by atoms with van der Waals surface area (Å²) in [5.74, 6) is 0.919. The number of hydrogen-bond acceptors (Lipinski definition) is 4. The quantitative estimate of drug-likeness (QED) is 0.771. The summed E-state index contributed by atoms with van der Waals surface area (Å²) in [5.41, 5.74) is 5.81. The van der Waals surface area contributed by atoms with E-state index in [9.17, 15) is 9.59 Å². The van der Waals surface area contributed by atoms with Crippen molar-refractivity contribution in [3.8, 4) is 0 Å². The van der Waals surface area contributed by atoms with Crippen LogP contribution in [0.3, 0.4) is 0 Å². The molecule has 2 aliphatic rings. The first-order valence-corrected chi connectivity index (χ1v) is 10.4. The summed E-state index contributed by atoms with van der Waals surface area (Å²) >= 11 is 1.72. The van der Waals surface area contributed by atoms with Gasteiger partial charge in [-0.05, 0) is 56.0 Å². The summed E-state index contributed by atoms with van der Waals surface area (Å²) in [5, 5.41) is 5.11. The Morgan fingerprint density at radius 2 is 2.00 bits per heavy atom. The number of likely N-dealkylation sites (tertiary alicyclic amines) is 1. The zero-order valence-electron chi connectivity index (χ0n) is 15.2. The summed E-state index contributed by atoms with van der Waals surface area (Å²) in [7, 11) is 0. The number of nitrogens with zero attached hydrogens (tertiary/aromatic N) is 1. The SMILES string of the molecule is Cl.NC[C@H]1CCC[C@H]1C(=O)N1CCC(C(=O)NCCc2cccs2)CC1. The molecule has 26 heavy (non-hydrogen) atoms. The fraction of sp³-hybridized carbons (Fsp3) is 0.684. The van der Waals surface area contributed by atoms with Crippen molar-refractivity contribution in [2.75, 3.05) is 26.2 Å². The van der Waals surface area contributed by atoms with Crippen molar-refractivity contribution in [3.05, 3.63) is 22.4 Å². The Morgan fingerprint density at radius 3 is 2.65 bits per heavy atom. The Balaban J connectivity index is 0.00000243. The average molecular weight is 400 g/mol. The van der Waals surface area contributed by atoms with Crippen molar-refractivity contribution in [3.63, 3.8) is 0 Å². The smallest absolute Gasteiger partial charge is 0.226 e. The monoisotopic (exact) mass is 399 g/mol. The summed E-state index contributed by atoms with van der Waals surface area (Å²) in [6, 6.07) is 4.13. The molecule has 1 aliphatic heterocycles. The molecule has 0 bridgehead atoms. The van der Waals surface area contributed by atoms with E-state index in [0.717, 1.165) is 38.5 Å². The van der Waals surface area contributed by atoms with Crippen LogP contribution in [-0.4, -0.2) is 42.9 Å². The molecule has 1 aliphatic carbocycles. The Kier molecular flexibility index (Phi) is 8.38. The van der Waals surface area contributed by atoms with Crippen LogP contribution < -0.4 is 11.1 Å². The van der Waals surface area contributed by atoms with Crippen LogP contribution in [0.2, 0.25) is 0 Å². The maximum atomic E-state index is 12.7. The fourth-order valence-electron chi connectivity index (χ4n) is 4.15. The number of piperidine rings is 1. The minimum atomic E-state index is 0. The Hall–Kier alpha value is -1.11. The standard InChI is InChI=1S/C19H29N3O2S.ClH/c20-13-15-3-1-5-17(15)19(24)22-10-7-14(8-11-22)18(23)21-9-6-16-4-2-12-25-16;/h2,4,12,14-15,17H,1,3,5-11,13,20H2,(H,21,23);1H/t15-,17-;/m1./s1. The molecule has 2 fully saturated rings. The van der Waals surface area contributed by atoms with Crippen LogP contribution in [0.1, 0.15) is 37.0 Å². The largest absolute Gasteiger partial charge is 0.355 e. The lowest BCUT2D eigenvalue weighted by molar-refractivity contribution is -0.140. The zero-order valence-corrected chi connectivity index (χ0v) is 16.8. The molecular formula is C19H30ClN3O2S. The van der Waals surface area contributed by atoms with Gasteiger partial charge in [-0.15, -0.1) is 23.7 Å². The third-order valence-corrected chi connectivity index (χ3v) is 6.64. The van der Waals surface area contributed by atoms with E-state index in [1.165, 1.54) is 4.88 Å². The molecule has 146 valence electrons. The predicted octanol–water partition coefficient (Wildman–Crippen LogP) is 2.44. The van der Waals surface area contributed by atoms with Crippen molar-refractivity contribution in [1.82, 2.24) is 10.2 Å². The van der Waals surface area contributed by atoms with Gasteiger partial charge in [0, 0.05) is 36.3 Å². The second-order valence-corrected chi connectivity index (χ2v) is 8.29. The molecular weight excluding hydrogens is 370 g/mol. The molecule has 0 unspecified atom stereocenters. The number of rotatable bonds is 6. The van der Waals surface area contributed by atoms with Gasteiger partial charge >= 0.3 is 0 Å². The maximum Gasteiger partial charge on any atom is 0.226 e. The van der Waals surface area contributed by atoms with E-state index in [-0.39, 0.29) is 36.1 Å². The molecule has 3 rings (SSSR count). The van der Waals surface area contributed by atoms with Crippen molar-refractivity contribution in [1.29, 1.82) is 0 Å². The second-order valence-electron chi connectivity index (χ2n) is 7.25. The Labute approximate surface area is 166 Å². The molecule has 1 aromatic rings. The lowest BCUT2D eigenvalue weighted by atomic mass is 9.91. The number of nitrogens with two attached hydrogens (primary N) is 1. The van der Waals surface area contributed by atoms with Gasteiger partial charge in [-0.1, -0.05) is 12.5 Å². The Morgan fingerprint density at radius 1 is 1.23 bits per heavy atom. The first-order chi connectivity index (χ1) is 12.2. The molecule has 1 aromatic heterocycles.